The standard InChI is InChI=1S/C15H20N2O5/c1-15(2)21-7-11(12(18)8-22-15)17-14(20)10-5-3-4-9(6-10)13(16)19/h3-6,11-12,18H,7-8H2,1-2H3,(H2,16,19)(H,17,20)/t11-,12-/m0/s1. The highest BCUT2D eigenvalue weighted by Gasteiger charge is 2.32. The van der Waals surface area contributed by atoms with Crippen LogP contribution in [0, 0.1) is 0 Å². The van der Waals surface area contributed by atoms with Crippen LogP contribution in [0.3, 0.4) is 0 Å². The van der Waals surface area contributed by atoms with E-state index in [0.717, 1.165) is 0 Å². The fourth-order valence-electron chi connectivity index (χ4n) is 2.05. The first kappa shape index (κ1) is 16.4. The van der Waals surface area contributed by atoms with E-state index in [0.29, 0.717) is 0 Å². The number of nitrogens with two attached hydrogens (primary N) is 1. The van der Waals surface area contributed by atoms with Crippen LogP contribution in [-0.4, -0.2) is 48.1 Å². The number of benzene rings is 1. The summed E-state index contributed by atoms with van der Waals surface area (Å²) < 4.78 is 10.9. The Morgan fingerprint density at radius 3 is 2.59 bits per heavy atom. The summed E-state index contributed by atoms with van der Waals surface area (Å²) in [5.41, 5.74) is 5.72. The molecule has 4 N–H and O–H groups in total. The summed E-state index contributed by atoms with van der Waals surface area (Å²) in [5.74, 6) is -1.84. The second-order valence-corrected chi connectivity index (χ2v) is 5.61. The van der Waals surface area contributed by atoms with E-state index < -0.39 is 29.7 Å². The number of aliphatic hydroxyl groups is 1. The van der Waals surface area contributed by atoms with Crippen molar-refractivity contribution in [3.05, 3.63) is 35.4 Å². The fraction of sp³-hybridized carbons (Fsp3) is 0.467. The van der Waals surface area contributed by atoms with E-state index in [4.69, 9.17) is 15.2 Å². The molecule has 2 rings (SSSR count). The van der Waals surface area contributed by atoms with Gasteiger partial charge in [-0.05, 0) is 32.0 Å². The summed E-state index contributed by atoms with van der Waals surface area (Å²) in [6.07, 6.45) is -0.884. The molecule has 120 valence electrons. The molecule has 1 fully saturated rings. The van der Waals surface area contributed by atoms with Crippen LogP contribution in [0.4, 0.5) is 0 Å². The summed E-state index contributed by atoms with van der Waals surface area (Å²) in [6, 6.07) is 5.46. The number of amides is 2. The Morgan fingerprint density at radius 2 is 1.91 bits per heavy atom. The van der Waals surface area contributed by atoms with Crippen LogP contribution in [0.5, 0.6) is 0 Å². The van der Waals surface area contributed by atoms with Crippen molar-refractivity contribution in [3.8, 4) is 0 Å². The molecular formula is C15H20N2O5. The summed E-state index contributed by atoms with van der Waals surface area (Å²) >= 11 is 0. The van der Waals surface area contributed by atoms with Crippen LogP contribution >= 0.6 is 0 Å². The third-order valence-corrected chi connectivity index (χ3v) is 3.40. The van der Waals surface area contributed by atoms with E-state index in [1.165, 1.54) is 12.1 Å². The maximum absolute atomic E-state index is 12.2. The summed E-state index contributed by atoms with van der Waals surface area (Å²) in [6.45, 7) is 3.65. The van der Waals surface area contributed by atoms with E-state index in [2.05, 4.69) is 5.32 Å². The Hall–Kier alpha value is -1.96. The van der Waals surface area contributed by atoms with Crippen molar-refractivity contribution >= 4 is 11.8 Å². The van der Waals surface area contributed by atoms with E-state index in [9.17, 15) is 14.7 Å². The molecule has 0 aromatic heterocycles. The lowest BCUT2D eigenvalue weighted by Crippen LogP contribution is -2.46. The molecule has 7 nitrogen and oxygen atoms in total. The molecule has 0 aliphatic carbocycles. The average molecular weight is 308 g/mol. The molecule has 1 aliphatic heterocycles. The third kappa shape index (κ3) is 4.03. The van der Waals surface area contributed by atoms with Crippen LogP contribution in [0.2, 0.25) is 0 Å². The molecule has 1 aliphatic rings. The van der Waals surface area contributed by atoms with Crippen LogP contribution in [0.25, 0.3) is 0 Å². The van der Waals surface area contributed by atoms with Gasteiger partial charge >= 0.3 is 0 Å². The van der Waals surface area contributed by atoms with E-state index >= 15 is 0 Å². The predicted molar refractivity (Wildman–Crippen MR) is 78.2 cm³/mol. The third-order valence-electron chi connectivity index (χ3n) is 3.40. The SMILES string of the molecule is CC1(C)OC[C@H](NC(=O)c2cccc(C(N)=O)c2)[C@@H](O)CO1. The smallest absolute Gasteiger partial charge is 0.251 e. The van der Waals surface area contributed by atoms with Gasteiger partial charge in [-0.3, -0.25) is 9.59 Å². The van der Waals surface area contributed by atoms with Gasteiger partial charge in [-0.25, -0.2) is 0 Å². The molecule has 0 unspecified atom stereocenters. The fourth-order valence-corrected chi connectivity index (χ4v) is 2.05. The van der Waals surface area contributed by atoms with Gasteiger partial charge in [-0.15, -0.1) is 0 Å². The van der Waals surface area contributed by atoms with Gasteiger partial charge in [0.05, 0.1) is 25.4 Å². The minimum atomic E-state index is -0.884. The van der Waals surface area contributed by atoms with Crippen molar-refractivity contribution in [1.29, 1.82) is 0 Å². The quantitative estimate of drug-likeness (QED) is 0.729. The molecule has 0 bridgehead atoms. The normalized spacial score (nSPS) is 24.3. The Morgan fingerprint density at radius 1 is 1.27 bits per heavy atom. The van der Waals surface area contributed by atoms with Gasteiger partial charge < -0.3 is 25.6 Å². The first-order chi connectivity index (χ1) is 10.3. The Labute approximate surface area is 128 Å². The van der Waals surface area contributed by atoms with E-state index in [1.807, 2.05) is 0 Å². The molecule has 1 aromatic rings. The number of carbonyl (C=O) groups excluding carboxylic acids is 2. The number of aliphatic hydroxyl groups excluding tert-OH is 1. The first-order valence-corrected chi connectivity index (χ1v) is 6.95. The van der Waals surface area contributed by atoms with Gasteiger partial charge in [-0.2, -0.15) is 0 Å². The van der Waals surface area contributed by atoms with Gasteiger partial charge in [0.2, 0.25) is 5.91 Å². The van der Waals surface area contributed by atoms with Gasteiger partial charge in [0, 0.05) is 11.1 Å². The molecule has 1 heterocycles. The molecule has 22 heavy (non-hydrogen) atoms. The van der Waals surface area contributed by atoms with Crippen LogP contribution in [-0.2, 0) is 9.47 Å². The molecule has 0 saturated carbocycles. The number of nitrogens with one attached hydrogen (secondary N) is 1. The van der Waals surface area contributed by atoms with Crippen LogP contribution in [0.15, 0.2) is 24.3 Å². The van der Waals surface area contributed by atoms with Crippen molar-refractivity contribution in [1.82, 2.24) is 5.32 Å². The predicted octanol–water partition coefficient (Wildman–Crippen LogP) is 0.0277. The van der Waals surface area contributed by atoms with Crippen molar-refractivity contribution in [2.24, 2.45) is 5.73 Å². The first-order valence-electron chi connectivity index (χ1n) is 6.95. The summed E-state index contributed by atoms with van der Waals surface area (Å²) in [5, 5.41) is 12.7. The maximum Gasteiger partial charge on any atom is 0.251 e. The molecule has 1 aromatic carbocycles. The molecule has 0 spiro atoms. The summed E-state index contributed by atoms with van der Waals surface area (Å²) in [4.78, 5) is 23.4. The second kappa shape index (κ2) is 6.43. The molecule has 2 atom stereocenters. The van der Waals surface area contributed by atoms with Crippen molar-refractivity contribution in [2.45, 2.75) is 31.8 Å². The van der Waals surface area contributed by atoms with Gasteiger partial charge in [0.25, 0.3) is 5.91 Å². The number of hydrogen-bond donors (Lipinski definition) is 3. The van der Waals surface area contributed by atoms with E-state index in [1.54, 1.807) is 26.0 Å². The minimum Gasteiger partial charge on any atom is -0.388 e. The zero-order valence-electron chi connectivity index (χ0n) is 12.5. The molecular weight excluding hydrogens is 288 g/mol. The minimum absolute atomic E-state index is 0.0548. The Kier molecular flexibility index (Phi) is 4.80. The highest BCUT2D eigenvalue weighted by Crippen LogP contribution is 2.17. The zero-order valence-corrected chi connectivity index (χ0v) is 12.5. The molecule has 1 saturated heterocycles. The molecule has 2 amide bonds. The largest absolute Gasteiger partial charge is 0.388 e. The Balaban J connectivity index is 2.07. The molecule has 0 radical (unpaired) electrons. The van der Waals surface area contributed by atoms with E-state index in [-0.39, 0.29) is 24.3 Å². The van der Waals surface area contributed by atoms with Crippen molar-refractivity contribution < 1.29 is 24.2 Å². The Bertz CT molecular complexity index is 573. The molecule has 7 heteroatoms. The maximum atomic E-state index is 12.2. The number of primary amides is 1. The van der Waals surface area contributed by atoms with Gasteiger partial charge in [0.15, 0.2) is 5.79 Å². The number of ether oxygens (including phenoxy) is 2. The average Bonchev–Trinajstić information content (AvgIpc) is 2.60. The highest BCUT2D eigenvalue weighted by atomic mass is 16.7. The van der Waals surface area contributed by atoms with Gasteiger partial charge in [0.1, 0.15) is 0 Å². The van der Waals surface area contributed by atoms with Crippen LogP contribution in [0.1, 0.15) is 34.6 Å². The lowest BCUT2D eigenvalue weighted by Gasteiger charge is -2.23. The van der Waals surface area contributed by atoms with Crippen molar-refractivity contribution in [3.63, 3.8) is 0 Å². The topological polar surface area (TPSA) is 111 Å². The lowest BCUT2D eigenvalue weighted by molar-refractivity contribution is -0.203. The van der Waals surface area contributed by atoms with Crippen molar-refractivity contribution in [2.75, 3.05) is 13.2 Å². The number of hydrogen-bond acceptors (Lipinski definition) is 5. The van der Waals surface area contributed by atoms with Crippen LogP contribution < -0.4 is 11.1 Å². The highest BCUT2D eigenvalue weighted by molar-refractivity contribution is 5.99. The number of rotatable bonds is 3. The second-order valence-electron chi connectivity index (χ2n) is 5.61. The summed E-state index contributed by atoms with van der Waals surface area (Å²) in [7, 11) is 0. The monoisotopic (exact) mass is 308 g/mol. The van der Waals surface area contributed by atoms with Gasteiger partial charge in [-0.1, -0.05) is 6.07 Å². The number of carbonyl (C=O) groups is 2. The zero-order chi connectivity index (χ0) is 16.3. The lowest BCUT2D eigenvalue weighted by atomic mass is 10.1.